The van der Waals surface area contributed by atoms with Crippen molar-refractivity contribution in [2.45, 2.75) is 6.04 Å². The molecule has 2 heterocycles. The molecule has 0 amide bonds. The van der Waals surface area contributed by atoms with Crippen LogP contribution in [-0.2, 0) is 0 Å². The molecule has 1 fully saturated rings. The summed E-state index contributed by atoms with van der Waals surface area (Å²) in [5.41, 5.74) is 2.53. The lowest BCUT2D eigenvalue weighted by Crippen LogP contribution is -2.44. The van der Waals surface area contributed by atoms with Gasteiger partial charge in [0.1, 0.15) is 0 Å². The molecule has 0 saturated carbocycles. The number of piperazine rings is 1. The predicted octanol–water partition coefficient (Wildman–Crippen LogP) is 3.14. The number of H-pyrrole nitrogens is 1. The highest BCUT2D eigenvalue weighted by atomic mass is 35.5. The third-order valence-electron chi connectivity index (χ3n) is 3.69. The number of nitrogens with one attached hydrogen (secondary N) is 2. The van der Waals surface area contributed by atoms with Crippen molar-refractivity contribution in [3.05, 3.63) is 48.7 Å². The minimum absolute atomic E-state index is 0. The average molecular weight is 314 g/mol. The molecule has 1 saturated heterocycles. The first-order valence-corrected chi connectivity index (χ1v) is 6.53. The first kappa shape index (κ1) is 17.1. The molecule has 20 heavy (non-hydrogen) atoms. The SMILES string of the molecule is C=C[C@@H](c1ccc2[nH]ccc2c1)N1CCNCC1.Cl.Cl. The number of nitrogens with zero attached hydrogens (tertiary/aromatic N) is 1. The van der Waals surface area contributed by atoms with Gasteiger partial charge in [-0.25, -0.2) is 0 Å². The summed E-state index contributed by atoms with van der Waals surface area (Å²) in [6, 6.07) is 9.07. The first-order chi connectivity index (χ1) is 8.88. The quantitative estimate of drug-likeness (QED) is 0.853. The van der Waals surface area contributed by atoms with E-state index < -0.39 is 0 Å². The molecule has 110 valence electrons. The second kappa shape index (κ2) is 7.70. The first-order valence-electron chi connectivity index (χ1n) is 6.53. The van der Waals surface area contributed by atoms with Crippen molar-refractivity contribution in [2.75, 3.05) is 26.2 Å². The molecular weight excluding hydrogens is 293 g/mol. The number of hydrogen-bond acceptors (Lipinski definition) is 2. The Bertz CT molecular complexity index is 547. The molecule has 0 radical (unpaired) electrons. The van der Waals surface area contributed by atoms with E-state index in [-0.39, 0.29) is 24.8 Å². The smallest absolute Gasteiger partial charge is 0.0530 e. The average Bonchev–Trinajstić information content (AvgIpc) is 2.88. The Labute approximate surface area is 132 Å². The maximum atomic E-state index is 4.01. The van der Waals surface area contributed by atoms with Crippen molar-refractivity contribution in [2.24, 2.45) is 0 Å². The summed E-state index contributed by atoms with van der Waals surface area (Å²) in [4.78, 5) is 5.72. The van der Waals surface area contributed by atoms with Gasteiger partial charge < -0.3 is 10.3 Å². The zero-order chi connectivity index (χ0) is 12.4. The van der Waals surface area contributed by atoms with E-state index in [2.05, 4.69) is 52.1 Å². The number of fused-ring (bicyclic) bond motifs is 1. The lowest BCUT2D eigenvalue weighted by molar-refractivity contribution is 0.203. The van der Waals surface area contributed by atoms with Gasteiger partial charge in [0, 0.05) is 37.9 Å². The molecule has 2 N–H and O–H groups in total. The Morgan fingerprint density at radius 1 is 1.15 bits per heavy atom. The van der Waals surface area contributed by atoms with Gasteiger partial charge in [0.2, 0.25) is 0 Å². The highest BCUT2D eigenvalue weighted by Crippen LogP contribution is 2.25. The monoisotopic (exact) mass is 313 g/mol. The Hall–Kier alpha value is -1.000. The fourth-order valence-electron chi connectivity index (χ4n) is 2.71. The molecule has 1 aromatic heterocycles. The van der Waals surface area contributed by atoms with E-state index in [1.165, 1.54) is 16.5 Å². The highest BCUT2D eigenvalue weighted by Gasteiger charge is 2.19. The van der Waals surface area contributed by atoms with Gasteiger partial charge in [-0.15, -0.1) is 31.4 Å². The van der Waals surface area contributed by atoms with Gasteiger partial charge in [-0.2, -0.15) is 0 Å². The minimum atomic E-state index is 0. The maximum Gasteiger partial charge on any atom is 0.0530 e. The van der Waals surface area contributed by atoms with E-state index in [1.807, 2.05) is 6.20 Å². The lowest BCUT2D eigenvalue weighted by atomic mass is 10.0. The van der Waals surface area contributed by atoms with Crippen molar-refractivity contribution < 1.29 is 0 Å². The Balaban J connectivity index is 0.000001000. The van der Waals surface area contributed by atoms with Crippen molar-refractivity contribution in [3.63, 3.8) is 0 Å². The van der Waals surface area contributed by atoms with Crippen molar-refractivity contribution in [3.8, 4) is 0 Å². The summed E-state index contributed by atoms with van der Waals surface area (Å²) >= 11 is 0. The fraction of sp³-hybridized carbons (Fsp3) is 0.333. The summed E-state index contributed by atoms with van der Waals surface area (Å²) in [7, 11) is 0. The third-order valence-corrected chi connectivity index (χ3v) is 3.69. The summed E-state index contributed by atoms with van der Waals surface area (Å²) in [5.74, 6) is 0. The molecule has 5 heteroatoms. The highest BCUT2D eigenvalue weighted by molar-refractivity contribution is 5.85. The number of aromatic amines is 1. The van der Waals surface area contributed by atoms with Crippen molar-refractivity contribution >= 4 is 35.7 Å². The number of aromatic nitrogens is 1. The summed E-state index contributed by atoms with van der Waals surface area (Å²) in [6.45, 7) is 8.31. The molecular formula is C15H21Cl2N3. The summed E-state index contributed by atoms with van der Waals surface area (Å²) in [6.07, 6.45) is 4.04. The largest absolute Gasteiger partial charge is 0.361 e. The van der Waals surface area contributed by atoms with Gasteiger partial charge in [-0.05, 0) is 29.1 Å². The molecule has 1 aliphatic heterocycles. The molecule has 1 atom stereocenters. The van der Waals surface area contributed by atoms with Gasteiger partial charge >= 0.3 is 0 Å². The summed E-state index contributed by atoms with van der Waals surface area (Å²) < 4.78 is 0. The van der Waals surface area contributed by atoms with Crippen LogP contribution in [0.15, 0.2) is 43.1 Å². The zero-order valence-electron chi connectivity index (χ0n) is 11.3. The second-order valence-electron chi connectivity index (χ2n) is 4.79. The van der Waals surface area contributed by atoms with Crippen LogP contribution in [0.3, 0.4) is 0 Å². The molecule has 0 aliphatic carbocycles. The zero-order valence-corrected chi connectivity index (χ0v) is 13.0. The van der Waals surface area contributed by atoms with E-state index in [4.69, 9.17) is 0 Å². The topological polar surface area (TPSA) is 31.1 Å². The fourth-order valence-corrected chi connectivity index (χ4v) is 2.71. The molecule has 3 nitrogen and oxygen atoms in total. The van der Waals surface area contributed by atoms with E-state index in [0.717, 1.165) is 26.2 Å². The molecule has 2 aromatic rings. The number of hydrogen-bond donors (Lipinski definition) is 2. The van der Waals surface area contributed by atoms with Crippen LogP contribution in [0.4, 0.5) is 0 Å². The molecule has 1 aromatic carbocycles. The molecule has 0 unspecified atom stereocenters. The minimum Gasteiger partial charge on any atom is -0.361 e. The number of halogens is 2. The molecule has 0 spiro atoms. The van der Waals surface area contributed by atoms with Crippen LogP contribution in [-0.4, -0.2) is 36.1 Å². The third kappa shape index (κ3) is 3.36. The standard InChI is InChI=1S/C15H19N3.2ClH/c1-2-15(18-9-7-16-8-10-18)13-3-4-14-12(11-13)5-6-17-14;;/h2-6,11,15-17H,1,7-10H2;2*1H/t15-;;/m0../s1. The normalized spacial score (nSPS) is 17.0. The van der Waals surface area contributed by atoms with Crippen LogP contribution in [0.2, 0.25) is 0 Å². The van der Waals surface area contributed by atoms with E-state index in [0.29, 0.717) is 6.04 Å². The number of rotatable bonds is 3. The van der Waals surface area contributed by atoms with Crippen LogP contribution in [0, 0.1) is 0 Å². The maximum absolute atomic E-state index is 4.01. The van der Waals surface area contributed by atoms with Crippen molar-refractivity contribution in [1.82, 2.24) is 15.2 Å². The predicted molar refractivity (Wildman–Crippen MR) is 90.2 cm³/mol. The second-order valence-corrected chi connectivity index (χ2v) is 4.79. The molecule has 1 aliphatic rings. The van der Waals surface area contributed by atoms with Gasteiger partial charge in [0.15, 0.2) is 0 Å². The van der Waals surface area contributed by atoms with E-state index in [1.54, 1.807) is 0 Å². The molecule has 3 rings (SSSR count). The van der Waals surface area contributed by atoms with Crippen LogP contribution < -0.4 is 5.32 Å². The van der Waals surface area contributed by atoms with E-state index in [9.17, 15) is 0 Å². The van der Waals surface area contributed by atoms with Crippen LogP contribution in [0.5, 0.6) is 0 Å². The Morgan fingerprint density at radius 3 is 2.60 bits per heavy atom. The van der Waals surface area contributed by atoms with Crippen LogP contribution in [0.25, 0.3) is 10.9 Å². The van der Waals surface area contributed by atoms with Gasteiger partial charge in [-0.3, -0.25) is 4.90 Å². The van der Waals surface area contributed by atoms with E-state index >= 15 is 0 Å². The Kier molecular flexibility index (Phi) is 6.56. The van der Waals surface area contributed by atoms with Crippen LogP contribution in [0.1, 0.15) is 11.6 Å². The number of benzene rings is 1. The lowest BCUT2D eigenvalue weighted by Gasteiger charge is -2.33. The Morgan fingerprint density at radius 2 is 1.90 bits per heavy atom. The van der Waals surface area contributed by atoms with Gasteiger partial charge in [0.25, 0.3) is 0 Å². The van der Waals surface area contributed by atoms with Gasteiger partial charge in [-0.1, -0.05) is 12.1 Å². The van der Waals surface area contributed by atoms with Crippen LogP contribution >= 0.6 is 24.8 Å². The van der Waals surface area contributed by atoms with Crippen molar-refractivity contribution in [1.29, 1.82) is 0 Å². The summed E-state index contributed by atoms with van der Waals surface area (Å²) in [5, 5.41) is 4.66. The molecule has 0 bridgehead atoms. The van der Waals surface area contributed by atoms with Gasteiger partial charge in [0.05, 0.1) is 6.04 Å².